The Kier molecular flexibility index (Phi) is 5.80. The van der Waals surface area contributed by atoms with E-state index < -0.39 is 0 Å². The Morgan fingerprint density at radius 1 is 1.28 bits per heavy atom. The highest BCUT2D eigenvalue weighted by Crippen LogP contribution is 2.41. The number of fused-ring (bicyclic) bond motifs is 2. The molecule has 2 aromatic heterocycles. The predicted octanol–water partition coefficient (Wildman–Crippen LogP) is 5.24. The van der Waals surface area contributed by atoms with Gasteiger partial charge in [0.05, 0.1) is 22.6 Å². The number of hydrogen-bond donors (Lipinski definition) is 1. The van der Waals surface area contributed by atoms with Crippen LogP contribution in [0.5, 0.6) is 0 Å². The molecule has 0 saturated carbocycles. The van der Waals surface area contributed by atoms with Crippen LogP contribution < -0.4 is 5.32 Å². The fourth-order valence-electron chi connectivity index (χ4n) is 3.95. The Labute approximate surface area is 193 Å². The quantitative estimate of drug-likeness (QED) is 0.423. The summed E-state index contributed by atoms with van der Waals surface area (Å²) in [7, 11) is 0. The van der Waals surface area contributed by atoms with E-state index in [1.807, 2.05) is 36.4 Å². The minimum atomic E-state index is -0.332. The summed E-state index contributed by atoms with van der Waals surface area (Å²) < 4.78 is 5.30. The molecule has 3 heterocycles. The number of amidine groups is 1. The van der Waals surface area contributed by atoms with Gasteiger partial charge in [-0.05, 0) is 79.8 Å². The molecule has 1 aliphatic heterocycles. The van der Waals surface area contributed by atoms with Crippen molar-refractivity contribution in [3.63, 3.8) is 0 Å². The number of hydrogen-bond acceptors (Lipinski definition) is 7. The van der Waals surface area contributed by atoms with Gasteiger partial charge >= 0.3 is 5.97 Å². The number of thiophene rings is 1. The number of nitrogens with zero attached hydrogens (tertiary/aromatic N) is 2. The fraction of sp³-hybridized carbons (Fsp3) is 0.250. The third-order valence-corrected chi connectivity index (χ3v) is 7.51. The number of aromatic nitrogens is 1. The summed E-state index contributed by atoms with van der Waals surface area (Å²) in [6.45, 7) is 2.12. The van der Waals surface area contributed by atoms with Crippen LogP contribution in [0.3, 0.4) is 0 Å². The van der Waals surface area contributed by atoms with E-state index in [2.05, 4.69) is 15.3 Å². The van der Waals surface area contributed by atoms with Crippen molar-refractivity contribution in [2.75, 3.05) is 6.61 Å². The van der Waals surface area contributed by atoms with Gasteiger partial charge < -0.3 is 10.1 Å². The number of pyridine rings is 1. The SMILES string of the molecule is CCOC(=O)c1c(N=C2NC(=O)C(=Cc3ccc4ncccc4c3)S2)sc2c1CCCC2. The maximum absolute atomic E-state index is 12.7. The highest BCUT2D eigenvalue weighted by atomic mass is 32.2. The molecule has 1 fully saturated rings. The van der Waals surface area contributed by atoms with Gasteiger partial charge in [0.15, 0.2) is 5.17 Å². The van der Waals surface area contributed by atoms with Gasteiger partial charge in [-0.1, -0.05) is 12.1 Å². The standard InChI is InChI=1S/C24H21N3O3S2/c1-2-30-23(29)20-16-7-3-4-8-18(16)31-22(20)27-24-26-21(28)19(32-24)13-14-9-10-17-15(12-14)6-5-11-25-17/h5-6,9-13H,2-4,7-8H2,1H3,(H,26,27,28). The first-order valence-electron chi connectivity index (χ1n) is 10.6. The van der Waals surface area contributed by atoms with Gasteiger partial charge in [-0.2, -0.15) is 0 Å². The van der Waals surface area contributed by atoms with E-state index in [9.17, 15) is 9.59 Å². The van der Waals surface area contributed by atoms with Gasteiger partial charge in [0.1, 0.15) is 5.00 Å². The van der Waals surface area contributed by atoms with E-state index in [-0.39, 0.29) is 11.9 Å². The molecule has 1 aliphatic carbocycles. The number of amides is 1. The second-order valence-electron chi connectivity index (χ2n) is 7.55. The average Bonchev–Trinajstić information content (AvgIpc) is 3.33. The van der Waals surface area contributed by atoms with Gasteiger partial charge in [-0.3, -0.25) is 9.78 Å². The number of nitrogens with one attached hydrogen (secondary N) is 1. The molecule has 5 rings (SSSR count). The highest BCUT2D eigenvalue weighted by molar-refractivity contribution is 8.18. The second kappa shape index (κ2) is 8.88. The summed E-state index contributed by atoms with van der Waals surface area (Å²) in [5.41, 5.74) is 3.46. The Balaban J connectivity index is 1.46. The molecule has 1 aromatic carbocycles. The van der Waals surface area contributed by atoms with E-state index in [1.165, 1.54) is 28.0 Å². The van der Waals surface area contributed by atoms with Crippen LogP contribution in [0, 0.1) is 0 Å². The first-order valence-corrected chi connectivity index (χ1v) is 12.2. The number of thioether (sulfide) groups is 1. The normalized spacial score (nSPS) is 18.2. The minimum Gasteiger partial charge on any atom is -0.462 e. The maximum atomic E-state index is 12.7. The summed E-state index contributed by atoms with van der Waals surface area (Å²) in [6, 6.07) is 9.77. The lowest BCUT2D eigenvalue weighted by atomic mass is 9.95. The lowest BCUT2D eigenvalue weighted by Gasteiger charge is -2.11. The van der Waals surface area contributed by atoms with Crippen LogP contribution in [-0.2, 0) is 22.4 Å². The summed E-state index contributed by atoms with van der Waals surface area (Å²) >= 11 is 2.81. The Hall–Kier alpha value is -2.97. The zero-order valence-electron chi connectivity index (χ0n) is 17.5. The van der Waals surface area contributed by atoms with Crippen LogP contribution in [0.25, 0.3) is 17.0 Å². The molecule has 0 unspecified atom stereocenters. The number of aryl methyl sites for hydroxylation is 1. The fourth-order valence-corrected chi connectivity index (χ4v) is 6.09. The van der Waals surface area contributed by atoms with Crippen molar-refractivity contribution in [1.29, 1.82) is 0 Å². The van der Waals surface area contributed by atoms with Gasteiger partial charge in [0.25, 0.3) is 5.91 Å². The van der Waals surface area contributed by atoms with E-state index in [1.54, 1.807) is 13.1 Å². The number of benzene rings is 1. The molecule has 162 valence electrons. The van der Waals surface area contributed by atoms with Crippen molar-refractivity contribution in [3.05, 3.63) is 63.0 Å². The van der Waals surface area contributed by atoms with Crippen molar-refractivity contribution in [2.45, 2.75) is 32.6 Å². The molecule has 2 aliphatic rings. The van der Waals surface area contributed by atoms with Crippen LogP contribution in [0.2, 0.25) is 0 Å². The van der Waals surface area contributed by atoms with Crippen molar-refractivity contribution < 1.29 is 14.3 Å². The van der Waals surface area contributed by atoms with Crippen LogP contribution in [0.4, 0.5) is 5.00 Å². The molecule has 8 heteroatoms. The highest BCUT2D eigenvalue weighted by Gasteiger charge is 2.29. The molecule has 3 aromatic rings. The first kappa shape index (κ1) is 20.9. The largest absolute Gasteiger partial charge is 0.462 e. The molecule has 1 saturated heterocycles. The molecule has 1 amide bonds. The molecule has 1 N–H and O–H groups in total. The number of rotatable bonds is 4. The van der Waals surface area contributed by atoms with E-state index >= 15 is 0 Å². The number of esters is 1. The van der Waals surface area contributed by atoms with Gasteiger partial charge in [0, 0.05) is 16.5 Å². The number of aliphatic imine (C=N–C) groups is 1. The molecular weight excluding hydrogens is 442 g/mol. The van der Waals surface area contributed by atoms with Gasteiger partial charge in [-0.15, -0.1) is 11.3 Å². The van der Waals surface area contributed by atoms with Crippen molar-refractivity contribution in [1.82, 2.24) is 10.3 Å². The number of ether oxygens (including phenoxy) is 1. The van der Waals surface area contributed by atoms with Crippen molar-refractivity contribution in [3.8, 4) is 0 Å². The molecule has 0 bridgehead atoms. The Morgan fingerprint density at radius 2 is 2.16 bits per heavy atom. The summed E-state index contributed by atoms with van der Waals surface area (Å²) in [4.78, 5) is 36.0. The van der Waals surface area contributed by atoms with Crippen LogP contribution in [-0.4, -0.2) is 28.6 Å². The monoisotopic (exact) mass is 463 g/mol. The zero-order valence-corrected chi connectivity index (χ0v) is 19.1. The van der Waals surface area contributed by atoms with Crippen molar-refractivity contribution in [2.24, 2.45) is 4.99 Å². The topological polar surface area (TPSA) is 80.6 Å². The number of carbonyl (C=O) groups excluding carboxylic acids is 2. The third-order valence-electron chi connectivity index (χ3n) is 5.41. The summed E-state index contributed by atoms with van der Waals surface area (Å²) in [5.74, 6) is -0.528. The average molecular weight is 464 g/mol. The van der Waals surface area contributed by atoms with Gasteiger partial charge in [0.2, 0.25) is 0 Å². The first-order chi connectivity index (χ1) is 15.6. The lowest BCUT2D eigenvalue weighted by Crippen LogP contribution is -2.19. The van der Waals surface area contributed by atoms with E-state index in [0.29, 0.717) is 27.2 Å². The molecule has 0 spiro atoms. The summed E-state index contributed by atoms with van der Waals surface area (Å²) in [5, 5.41) is 4.95. The second-order valence-corrected chi connectivity index (χ2v) is 9.66. The molecular formula is C24H21N3O3S2. The Bertz CT molecular complexity index is 1290. The summed E-state index contributed by atoms with van der Waals surface area (Å²) in [6.07, 6.45) is 7.61. The van der Waals surface area contributed by atoms with Gasteiger partial charge in [-0.25, -0.2) is 9.79 Å². The molecule has 6 nitrogen and oxygen atoms in total. The van der Waals surface area contributed by atoms with E-state index in [4.69, 9.17) is 4.74 Å². The maximum Gasteiger partial charge on any atom is 0.341 e. The lowest BCUT2D eigenvalue weighted by molar-refractivity contribution is -0.115. The molecule has 0 atom stereocenters. The minimum absolute atomic E-state index is 0.195. The smallest absolute Gasteiger partial charge is 0.341 e. The molecule has 32 heavy (non-hydrogen) atoms. The third kappa shape index (κ3) is 4.08. The predicted molar refractivity (Wildman–Crippen MR) is 129 cm³/mol. The number of carbonyl (C=O) groups is 2. The zero-order chi connectivity index (χ0) is 22.1. The van der Waals surface area contributed by atoms with Crippen LogP contribution in [0.1, 0.15) is 46.1 Å². The van der Waals surface area contributed by atoms with Crippen LogP contribution >= 0.6 is 23.1 Å². The Morgan fingerprint density at radius 3 is 3.03 bits per heavy atom. The molecule has 0 radical (unpaired) electrons. The van der Waals surface area contributed by atoms with Crippen molar-refractivity contribution >= 4 is 62.1 Å². The van der Waals surface area contributed by atoms with E-state index in [0.717, 1.165) is 47.7 Å². The van der Waals surface area contributed by atoms with Crippen LogP contribution in [0.15, 0.2) is 46.4 Å².